The maximum Gasteiger partial charge on any atom is 0.282 e. The highest BCUT2D eigenvalue weighted by Crippen LogP contribution is 2.32. The Bertz CT molecular complexity index is 913. The van der Waals surface area contributed by atoms with Crippen LogP contribution in [-0.2, 0) is 9.59 Å². The molecule has 2 atom stereocenters. The zero-order valence-corrected chi connectivity index (χ0v) is 17.3. The number of quaternary nitrogens is 1. The number of anilines is 2. The summed E-state index contributed by atoms with van der Waals surface area (Å²) in [6, 6.07) is 10.8. The Balaban J connectivity index is 1.56. The zero-order valence-electron chi connectivity index (χ0n) is 17.3. The van der Waals surface area contributed by atoms with Crippen LogP contribution in [0.5, 0.6) is 11.5 Å². The summed E-state index contributed by atoms with van der Waals surface area (Å²) in [5.41, 5.74) is 3.53. The number of ether oxygens (including phenoxy) is 2. The van der Waals surface area contributed by atoms with E-state index in [4.69, 9.17) is 9.47 Å². The molecule has 0 saturated heterocycles. The Morgan fingerprint density at radius 1 is 1.03 bits per heavy atom. The van der Waals surface area contributed by atoms with Crippen molar-refractivity contribution >= 4 is 23.2 Å². The topological polar surface area (TPSA) is 81.1 Å². The van der Waals surface area contributed by atoms with Crippen LogP contribution in [0, 0.1) is 13.8 Å². The Morgan fingerprint density at radius 2 is 1.76 bits per heavy atom. The number of rotatable bonds is 6. The van der Waals surface area contributed by atoms with E-state index < -0.39 is 6.04 Å². The molecule has 7 nitrogen and oxygen atoms in total. The molecule has 29 heavy (non-hydrogen) atoms. The number of hydrogen-bond acceptors (Lipinski definition) is 4. The van der Waals surface area contributed by atoms with Crippen molar-refractivity contribution in [1.82, 2.24) is 0 Å². The Morgan fingerprint density at radius 3 is 2.52 bits per heavy atom. The van der Waals surface area contributed by atoms with Crippen molar-refractivity contribution in [1.29, 1.82) is 0 Å². The van der Waals surface area contributed by atoms with Gasteiger partial charge >= 0.3 is 0 Å². The van der Waals surface area contributed by atoms with Crippen molar-refractivity contribution in [2.24, 2.45) is 0 Å². The number of amides is 2. The van der Waals surface area contributed by atoms with Crippen LogP contribution in [0.3, 0.4) is 0 Å². The third-order valence-corrected chi connectivity index (χ3v) is 5.05. The molecule has 0 radical (unpaired) electrons. The van der Waals surface area contributed by atoms with Crippen LogP contribution in [0.4, 0.5) is 11.4 Å². The fourth-order valence-corrected chi connectivity index (χ4v) is 3.07. The molecule has 0 aliphatic carbocycles. The van der Waals surface area contributed by atoms with Gasteiger partial charge in [-0.05, 0) is 50.1 Å². The first kappa shape index (κ1) is 20.7. The van der Waals surface area contributed by atoms with E-state index in [1.807, 2.05) is 39.1 Å². The van der Waals surface area contributed by atoms with Gasteiger partial charge in [0.2, 0.25) is 0 Å². The number of fused-ring (bicyclic) bond motifs is 1. The molecule has 7 heteroatoms. The van der Waals surface area contributed by atoms with Crippen molar-refractivity contribution in [3.63, 3.8) is 0 Å². The van der Waals surface area contributed by atoms with Crippen LogP contribution in [-0.4, -0.2) is 44.7 Å². The van der Waals surface area contributed by atoms with Crippen molar-refractivity contribution in [2.75, 3.05) is 37.4 Å². The highest BCUT2D eigenvalue weighted by atomic mass is 16.6. The fourth-order valence-electron chi connectivity index (χ4n) is 3.07. The van der Waals surface area contributed by atoms with Crippen LogP contribution < -0.4 is 25.0 Å². The molecule has 1 aliphatic heterocycles. The lowest BCUT2D eigenvalue weighted by Gasteiger charge is -2.22. The molecule has 2 amide bonds. The summed E-state index contributed by atoms with van der Waals surface area (Å²) in [5, 5.41) is 5.82. The standard InChI is InChI=1S/C22H27N3O4/c1-14-5-6-15(2)18(11-14)24-21(26)13-25(4)16(3)22(27)23-17-7-8-19-20(12-17)29-10-9-28-19/h5-8,11-12,16H,9-10,13H2,1-4H3,(H,23,27)(H,24,26)/p+1/t16-/m0/s1. The Kier molecular flexibility index (Phi) is 6.39. The van der Waals surface area contributed by atoms with E-state index >= 15 is 0 Å². The number of aryl methyl sites for hydroxylation is 2. The SMILES string of the molecule is Cc1ccc(C)c(NC(=O)C[NH+](C)[C@@H](C)C(=O)Nc2ccc3c(c2)OCCO3)c1. The summed E-state index contributed by atoms with van der Waals surface area (Å²) in [6.45, 7) is 6.93. The number of nitrogens with one attached hydrogen (secondary N) is 3. The average Bonchev–Trinajstić information content (AvgIpc) is 2.69. The van der Waals surface area contributed by atoms with Gasteiger partial charge in [0.05, 0.1) is 7.05 Å². The predicted molar refractivity (Wildman–Crippen MR) is 112 cm³/mol. The summed E-state index contributed by atoms with van der Waals surface area (Å²) in [7, 11) is 1.83. The molecule has 1 unspecified atom stereocenters. The van der Waals surface area contributed by atoms with Crippen LogP contribution in [0.25, 0.3) is 0 Å². The lowest BCUT2D eigenvalue weighted by Crippen LogP contribution is -3.14. The highest BCUT2D eigenvalue weighted by molar-refractivity contribution is 5.95. The van der Waals surface area contributed by atoms with Gasteiger partial charge in [0.25, 0.3) is 11.8 Å². The van der Waals surface area contributed by atoms with E-state index in [2.05, 4.69) is 10.6 Å². The Labute approximate surface area is 171 Å². The molecule has 3 N–H and O–H groups in total. The number of benzene rings is 2. The second kappa shape index (κ2) is 8.96. The van der Waals surface area contributed by atoms with Crippen LogP contribution in [0.1, 0.15) is 18.1 Å². The van der Waals surface area contributed by atoms with Gasteiger partial charge in [-0.15, -0.1) is 0 Å². The first-order valence-corrected chi connectivity index (χ1v) is 9.73. The van der Waals surface area contributed by atoms with Crippen LogP contribution in [0.2, 0.25) is 0 Å². The average molecular weight is 398 g/mol. The highest BCUT2D eigenvalue weighted by Gasteiger charge is 2.25. The largest absolute Gasteiger partial charge is 0.486 e. The molecule has 0 fully saturated rings. The monoisotopic (exact) mass is 398 g/mol. The van der Waals surface area contributed by atoms with E-state index in [1.54, 1.807) is 25.1 Å². The predicted octanol–water partition coefficient (Wildman–Crippen LogP) is 1.56. The maximum atomic E-state index is 12.6. The number of likely N-dealkylation sites (N-methyl/N-ethyl adjacent to an activating group) is 1. The molecule has 0 bridgehead atoms. The van der Waals surface area contributed by atoms with Gasteiger partial charge in [-0.2, -0.15) is 0 Å². The summed E-state index contributed by atoms with van der Waals surface area (Å²) >= 11 is 0. The molecule has 3 rings (SSSR count). The molecule has 0 spiro atoms. The molecular weight excluding hydrogens is 370 g/mol. The second-order valence-corrected chi connectivity index (χ2v) is 7.46. The smallest absolute Gasteiger partial charge is 0.282 e. The molecule has 0 aromatic heterocycles. The van der Waals surface area contributed by atoms with Crippen molar-refractivity contribution in [3.05, 3.63) is 47.5 Å². The van der Waals surface area contributed by atoms with Crippen molar-refractivity contribution in [3.8, 4) is 11.5 Å². The quantitative estimate of drug-likeness (QED) is 0.690. The summed E-state index contributed by atoms with van der Waals surface area (Å²) in [4.78, 5) is 25.9. The Hall–Kier alpha value is -3.06. The maximum absolute atomic E-state index is 12.6. The van der Waals surface area contributed by atoms with Gasteiger partial charge in [0, 0.05) is 17.4 Å². The van der Waals surface area contributed by atoms with E-state index in [9.17, 15) is 9.59 Å². The number of hydrogen-bond donors (Lipinski definition) is 3. The van der Waals surface area contributed by atoms with Gasteiger partial charge in [-0.1, -0.05) is 12.1 Å². The minimum absolute atomic E-state index is 0.129. The van der Waals surface area contributed by atoms with Crippen molar-refractivity contribution in [2.45, 2.75) is 26.8 Å². The lowest BCUT2D eigenvalue weighted by atomic mass is 10.1. The third-order valence-electron chi connectivity index (χ3n) is 5.05. The van der Waals surface area contributed by atoms with E-state index in [1.165, 1.54) is 0 Å². The van der Waals surface area contributed by atoms with Gasteiger partial charge in [-0.3, -0.25) is 9.59 Å². The van der Waals surface area contributed by atoms with Gasteiger partial charge in [-0.25, -0.2) is 0 Å². The van der Waals surface area contributed by atoms with E-state index in [0.29, 0.717) is 30.4 Å². The first-order valence-electron chi connectivity index (χ1n) is 9.73. The summed E-state index contributed by atoms with van der Waals surface area (Å²) < 4.78 is 11.0. The van der Waals surface area contributed by atoms with Gasteiger partial charge in [0.15, 0.2) is 24.1 Å². The van der Waals surface area contributed by atoms with Crippen LogP contribution in [0.15, 0.2) is 36.4 Å². The molecule has 0 saturated carbocycles. The zero-order chi connectivity index (χ0) is 21.0. The molecule has 2 aromatic rings. The molecule has 154 valence electrons. The minimum atomic E-state index is -0.410. The van der Waals surface area contributed by atoms with Crippen molar-refractivity contribution < 1.29 is 24.0 Å². The lowest BCUT2D eigenvalue weighted by molar-refractivity contribution is -0.885. The normalized spacial score (nSPS) is 14.6. The molecule has 2 aromatic carbocycles. The third kappa shape index (κ3) is 5.26. The second-order valence-electron chi connectivity index (χ2n) is 7.46. The molecular formula is C22H28N3O4+. The van der Waals surface area contributed by atoms with E-state index in [0.717, 1.165) is 21.7 Å². The van der Waals surface area contributed by atoms with Gasteiger partial charge in [0.1, 0.15) is 13.2 Å². The number of carbonyl (C=O) groups is 2. The molecule has 1 heterocycles. The number of carbonyl (C=O) groups excluding carboxylic acids is 2. The van der Waals surface area contributed by atoms with E-state index in [-0.39, 0.29) is 18.4 Å². The summed E-state index contributed by atoms with van der Waals surface area (Å²) in [6.07, 6.45) is 0. The van der Waals surface area contributed by atoms with Gasteiger partial charge < -0.3 is 25.0 Å². The summed E-state index contributed by atoms with van der Waals surface area (Å²) in [5.74, 6) is 0.998. The fraction of sp³-hybridized carbons (Fsp3) is 0.364. The van der Waals surface area contributed by atoms with Crippen LogP contribution >= 0.6 is 0 Å². The first-order chi connectivity index (χ1) is 13.8. The minimum Gasteiger partial charge on any atom is -0.486 e. The molecule has 1 aliphatic rings.